The van der Waals surface area contributed by atoms with E-state index < -0.39 is 0 Å². The third-order valence-corrected chi connectivity index (χ3v) is 2.86. The molecule has 0 aliphatic carbocycles. The molecule has 1 rings (SSSR count). The van der Waals surface area contributed by atoms with Crippen LogP contribution in [0.2, 0.25) is 0 Å². The number of amides is 1. The fraction of sp³-hybridized carbons (Fsp3) is 0.571. The molecule has 0 saturated carbocycles. The summed E-state index contributed by atoms with van der Waals surface area (Å²) in [6.07, 6.45) is 7.15. The highest BCUT2D eigenvalue weighted by atomic mass is 16.5. The van der Waals surface area contributed by atoms with Crippen molar-refractivity contribution in [3.8, 4) is 0 Å². The molecule has 112 valence electrons. The number of esters is 1. The molecule has 1 N–H and O–H groups in total. The number of aromatic nitrogens is 2. The number of hydrogen-bond acceptors (Lipinski definition) is 5. The molecule has 1 amide bonds. The zero-order chi connectivity index (χ0) is 14.8. The van der Waals surface area contributed by atoms with Crippen LogP contribution in [0, 0.1) is 6.92 Å². The fourth-order valence-electron chi connectivity index (χ4n) is 1.66. The first-order valence-electron chi connectivity index (χ1n) is 6.77. The lowest BCUT2D eigenvalue weighted by atomic mass is 10.1. The third kappa shape index (κ3) is 6.26. The van der Waals surface area contributed by atoms with Crippen molar-refractivity contribution in [2.24, 2.45) is 0 Å². The molecule has 20 heavy (non-hydrogen) atoms. The van der Waals surface area contributed by atoms with Crippen LogP contribution >= 0.6 is 0 Å². The van der Waals surface area contributed by atoms with E-state index in [-0.39, 0.29) is 13.3 Å². The summed E-state index contributed by atoms with van der Waals surface area (Å²) in [7, 11) is 1.40. The summed E-state index contributed by atoms with van der Waals surface area (Å²) in [5, 5.41) is 2.82. The number of nitrogens with one attached hydrogen (secondary N) is 1. The van der Waals surface area contributed by atoms with Gasteiger partial charge in [-0.3, -0.25) is 9.59 Å². The normalized spacial score (nSPS) is 10.1. The smallest absolute Gasteiger partial charge is 0.305 e. The van der Waals surface area contributed by atoms with Crippen molar-refractivity contribution in [3.63, 3.8) is 0 Å². The molecule has 1 aromatic heterocycles. The second kappa shape index (κ2) is 9.01. The molecule has 0 aromatic carbocycles. The van der Waals surface area contributed by atoms with Crippen molar-refractivity contribution in [2.45, 2.75) is 39.0 Å². The minimum atomic E-state index is -0.169. The molecule has 0 aliphatic heterocycles. The van der Waals surface area contributed by atoms with Gasteiger partial charge in [0.1, 0.15) is 5.82 Å². The molecule has 0 spiro atoms. The van der Waals surface area contributed by atoms with Crippen LogP contribution in [0.5, 0.6) is 0 Å². The molecule has 6 nitrogen and oxygen atoms in total. The second-order valence-corrected chi connectivity index (χ2v) is 4.52. The lowest BCUT2D eigenvalue weighted by Gasteiger charge is -2.05. The maximum atomic E-state index is 11.7. The predicted molar refractivity (Wildman–Crippen MR) is 76.3 cm³/mol. The van der Waals surface area contributed by atoms with Gasteiger partial charge >= 0.3 is 5.97 Å². The van der Waals surface area contributed by atoms with Gasteiger partial charge in [0.15, 0.2) is 0 Å². The number of nitrogens with zero attached hydrogens (tertiary/aromatic N) is 2. The van der Waals surface area contributed by atoms with Crippen LogP contribution in [-0.2, 0) is 9.53 Å². The van der Waals surface area contributed by atoms with Crippen molar-refractivity contribution in [1.29, 1.82) is 0 Å². The highest BCUT2D eigenvalue weighted by Crippen LogP contribution is 2.03. The average Bonchev–Trinajstić information content (AvgIpc) is 2.46. The number of ether oxygens (including phenoxy) is 1. The van der Waals surface area contributed by atoms with Crippen molar-refractivity contribution in [1.82, 2.24) is 15.3 Å². The van der Waals surface area contributed by atoms with Gasteiger partial charge < -0.3 is 10.1 Å². The van der Waals surface area contributed by atoms with Gasteiger partial charge in [-0.25, -0.2) is 9.97 Å². The summed E-state index contributed by atoms with van der Waals surface area (Å²) >= 11 is 0. The molecule has 0 bridgehead atoms. The summed E-state index contributed by atoms with van der Waals surface area (Å²) in [6.45, 7) is 2.39. The van der Waals surface area contributed by atoms with E-state index in [9.17, 15) is 9.59 Å². The average molecular weight is 281 g/mol. The standard InChI is InChI=1S/C14H21N3O3.H2/c1-11-16-9-12(10-17-11)14(19)15-8-6-4-3-5-7-13(18)20-2;/h9-10H,3-8H2,1-2H3,(H,15,19);1H. The number of hydrogen-bond donors (Lipinski definition) is 1. The maximum absolute atomic E-state index is 11.7. The molecule has 6 heteroatoms. The number of rotatable bonds is 8. The Bertz CT molecular complexity index is 438. The topological polar surface area (TPSA) is 81.2 Å². The van der Waals surface area contributed by atoms with Crippen LogP contribution in [0.15, 0.2) is 12.4 Å². The number of carbonyl (C=O) groups excluding carboxylic acids is 2. The number of methoxy groups -OCH3 is 1. The SMILES string of the molecule is COC(=O)CCCCCCNC(=O)c1cnc(C)nc1.[HH]. The number of carbonyl (C=O) groups is 2. The molecular formula is C14H23N3O3. The van der Waals surface area contributed by atoms with E-state index in [1.54, 1.807) is 6.92 Å². The van der Waals surface area contributed by atoms with Crippen molar-refractivity contribution >= 4 is 11.9 Å². The minimum Gasteiger partial charge on any atom is -0.469 e. The van der Waals surface area contributed by atoms with E-state index in [0.29, 0.717) is 24.4 Å². The molecular weight excluding hydrogens is 258 g/mol. The summed E-state index contributed by atoms with van der Waals surface area (Å²) in [5.41, 5.74) is 0.473. The van der Waals surface area contributed by atoms with Gasteiger partial charge in [0.2, 0.25) is 0 Å². The van der Waals surface area contributed by atoms with Crippen molar-refractivity contribution < 1.29 is 15.8 Å². The quantitative estimate of drug-likeness (QED) is 0.581. The molecule has 1 aromatic rings. The zero-order valence-corrected chi connectivity index (χ0v) is 12.0. The predicted octanol–water partition coefficient (Wildman–Crippen LogP) is 1.88. The van der Waals surface area contributed by atoms with E-state index in [1.165, 1.54) is 19.5 Å². The summed E-state index contributed by atoms with van der Waals surface area (Å²) < 4.78 is 4.56. The van der Waals surface area contributed by atoms with E-state index in [4.69, 9.17) is 0 Å². The van der Waals surface area contributed by atoms with Crippen LogP contribution in [-0.4, -0.2) is 35.5 Å². The Balaban J connectivity index is 0.00000400. The number of unbranched alkanes of at least 4 members (excludes halogenated alkanes) is 3. The third-order valence-electron chi connectivity index (χ3n) is 2.86. The fourth-order valence-corrected chi connectivity index (χ4v) is 1.66. The Morgan fingerprint density at radius 1 is 1.20 bits per heavy atom. The lowest BCUT2D eigenvalue weighted by molar-refractivity contribution is -0.140. The molecule has 0 unspecified atom stereocenters. The summed E-state index contributed by atoms with van der Waals surface area (Å²) in [5.74, 6) is 0.324. The van der Waals surface area contributed by atoms with Gasteiger partial charge in [-0.1, -0.05) is 12.8 Å². The Hall–Kier alpha value is -1.98. The van der Waals surface area contributed by atoms with E-state index >= 15 is 0 Å². The monoisotopic (exact) mass is 281 g/mol. The highest BCUT2D eigenvalue weighted by molar-refractivity contribution is 5.93. The molecule has 0 atom stereocenters. The van der Waals surface area contributed by atoms with Crippen LogP contribution in [0.4, 0.5) is 0 Å². The first kappa shape index (κ1) is 16.1. The maximum Gasteiger partial charge on any atom is 0.305 e. The highest BCUT2D eigenvalue weighted by Gasteiger charge is 2.05. The zero-order valence-electron chi connectivity index (χ0n) is 12.0. The van der Waals surface area contributed by atoms with Gasteiger partial charge in [-0.05, 0) is 19.8 Å². The first-order chi connectivity index (χ1) is 9.63. The Labute approximate surface area is 120 Å². The molecule has 0 radical (unpaired) electrons. The number of aryl methyl sites for hydroxylation is 1. The minimum absolute atomic E-state index is 0. The second-order valence-electron chi connectivity index (χ2n) is 4.52. The molecule has 0 saturated heterocycles. The Morgan fingerprint density at radius 3 is 2.50 bits per heavy atom. The Morgan fingerprint density at radius 2 is 1.85 bits per heavy atom. The molecule has 0 aliphatic rings. The lowest BCUT2D eigenvalue weighted by Crippen LogP contribution is -2.24. The molecule has 1 heterocycles. The van der Waals surface area contributed by atoms with Crippen molar-refractivity contribution in [3.05, 3.63) is 23.8 Å². The summed E-state index contributed by atoms with van der Waals surface area (Å²) in [4.78, 5) is 30.6. The van der Waals surface area contributed by atoms with Crippen LogP contribution in [0.25, 0.3) is 0 Å². The van der Waals surface area contributed by atoms with Gasteiger partial charge in [0.25, 0.3) is 5.91 Å². The molecule has 0 fully saturated rings. The first-order valence-corrected chi connectivity index (χ1v) is 6.77. The van der Waals surface area contributed by atoms with E-state index in [1.807, 2.05) is 0 Å². The van der Waals surface area contributed by atoms with Gasteiger partial charge in [-0.2, -0.15) is 0 Å². The Kier molecular flexibility index (Phi) is 7.24. The van der Waals surface area contributed by atoms with E-state index in [0.717, 1.165) is 25.7 Å². The largest absolute Gasteiger partial charge is 0.469 e. The van der Waals surface area contributed by atoms with Crippen LogP contribution in [0.1, 0.15) is 49.7 Å². The van der Waals surface area contributed by atoms with Gasteiger partial charge in [-0.15, -0.1) is 0 Å². The van der Waals surface area contributed by atoms with E-state index in [2.05, 4.69) is 20.0 Å². The summed E-state index contributed by atoms with van der Waals surface area (Å²) in [6, 6.07) is 0. The van der Waals surface area contributed by atoms with Crippen molar-refractivity contribution in [2.75, 3.05) is 13.7 Å². The van der Waals surface area contributed by atoms with Crippen LogP contribution < -0.4 is 5.32 Å². The van der Waals surface area contributed by atoms with Gasteiger partial charge in [0.05, 0.1) is 12.7 Å². The van der Waals surface area contributed by atoms with Crippen LogP contribution in [0.3, 0.4) is 0 Å². The van der Waals surface area contributed by atoms with Gasteiger partial charge in [0, 0.05) is 26.8 Å².